The molecule has 0 N–H and O–H groups in total. The highest BCUT2D eigenvalue weighted by Gasteiger charge is 2.50. The maximum atomic E-state index is 12.1. The fraction of sp³-hybridized carbons (Fsp3) is 0.889. The maximum Gasteiger partial charge on any atom is 0.319 e. The quantitative estimate of drug-likeness (QED) is 0.784. The van der Waals surface area contributed by atoms with Crippen molar-refractivity contribution in [2.75, 3.05) is 27.2 Å². The molecule has 2 saturated carbocycles. The second-order valence-electron chi connectivity index (χ2n) is 8.11. The molecule has 1 heterocycles. The minimum absolute atomic E-state index is 0.0927. The summed E-state index contributed by atoms with van der Waals surface area (Å²) in [5.74, 6) is 1.87. The first-order valence-electron chi connectivity index (χ1n) is 8.90. The van der Waals surface area contributed by atoms with Crippen LogP contribution >= 0.6 is 0 Å². The number of amides is 2. The second kappa shape index (κ2) is 6.10. The largest absolute Gasteiger partial charge is 0.331 e. The van der Waals surface area contributed by atoms with Gasteiger partial charge in [0.2, 0.25) is 0 Å². The number of rotatable bonds is 2. The molecule has 4 heteroatoms. The van der Waals surface area contributed by atoms with E-state index in [9.17, 15) is 10.1 Å². The number of urea groups is 1. The molecule has 4 nitrogen and oxygen atoms in total. The van der Waals surface area contributed by atoms with Crippen LogP contribution in [-0.2, 0) is 0 Å². The van der Waals surface area contributed by atoms with Crippen molar-refractivity contribution in [3.8, 4) is 6.07 Å². The van der Waals surface area contributed by atoms with Crippen LogP contribution in [0.3, 0.4) is 0 Å². The van der Waals surface area contributed by atoms with Gasteiger partial charge < -0.3 is 9.80 Å². The summed E-state index contributed by atoms with van der Waals surface area (Å²) in [7, 11) is 3.64. The number of carbonyl (C=O) groups is 1. The summed E-state index contributed by atoms with van der Waals surface area (Å²) in [5, 5.41) is 9.83. The molecule has 0 spiro atoms. The minimum Gasteiger partial charge on any atom is -0.331 e. The summed E-state index contributed by atoms with van der Waals surface area (Å²) >= 11 is 0. The van der Waals surface area contributed by atoms with E-state index in [1.807, 2.05) is 19.0 Å². The Bertz CT molecular complexity index is 447. The van der Waals surface area contributed by atoms with Gasteiger partial charge >= 0.3 is 6.03 Å². The Kier molecular flexibility index (Phi) is 4.34. The molecule has 0 aromatic carbocycles. The number of nitrogens with zero attached hydrogens (tertiary/aromatic N) is 3. The average molecular weight is 303 g/mol. The fourth-order valence-electron chi connectivity index (χ4n) is 5.17. The van der Waals surface area contributed by atoms with Crippen molar-refractivity contribution in [1.29, 1.82) is 5.26 Å². The number of carbonyl (C=O) groups excluding carboxylic acids is 1. The molecule has 3 aliphatic rings. The Morgan fingerprint density at radius 3 is 2.27 bits per heavy atom. The van der Waals surface area contributed by atoms with Gasteiger partial charge in [0, 0.05) is 27.2 Å². The van der Waals surface area contributed by atoms with Crippen molar-refractivity contribution in [3.63, 3.8) is 0 Å². The predicted octanol–water partition coefficient (Wildman–Crippen LogP) is 3.49. The zero-order valence-corrected chi connectivity index (χ0v) is 14.1. The van der Waals surface area contributed by atoms with Gasteiger partial charge in [-0.25, -0.2) is 4.79 Å². The van der Waals surface area contributed by atoms with E-state index in [1.54, 1.807) is 4.90 Å². The normalized spacial score (nSPS) is 35.2. The van der Waals surface area contributed by atoms with Gasteiger partial charge in [-0.15, -0.1) is 0 Å². The van der Waals surface area contributed by atoms with Gasteiger partial charge in [0.15, 0.2) is 0 Å². The van der Waals surface area contributed by atoms with E-state index in [0.29, 0.717) is 11.8 Å². The lowest BCUT2D eigenvalue weighted by atomic mass is 9.73. The number of hydrogen-bond acceptors (Lipinski definition) is 2. The van der Waals surface area contributed by atoms with Gasteiger partial charge in [0.25, 0.3) is 0 Å². The van der Waals surface area contributed by atoms with E-state index in [0.717, 1.165) is 38.3 Å². The minimum atomic E-state index is -0.0927. The molecule has 2 amide bonds. The van der Waals surface area contributed by atoms with Gasteiger partial charge in [0.05, 0.1) is 11.5 Å². The third-order valence-electron chi connectivity index (χ3n) is 6.18. The summed E-state index contributed by atoms with van der Waals surface area (Å²) in [6, 6.07) is 2.84. The number of nitriles is 1. The van der Waals surface area contributed by atoms with E-state index in [4.69, 9.17) is 0 Å². The van der Waals surface area contributed by atoms with Crippen molar-refractivity contribution in [2.24, 2.45) is 23.2 Å². The Morgan fingerprint density at radius 2 is 1.77 bits per heavy atom. The molecule has 3 fully saturated rings. The van der Waals surface area contributed by atoms with Gasteiger partial charge in [-0.3, -0.25) is 0 Å². The van der Waals surface area contributed by atoms with Crippen molar-refractivity contribution >= 4 is 6.03 Å². The van der Waals surface area contributed by atoms with Crippen LogP contribution < -0.4 is 0 Å². The first kappa shape index (κ1) is 15.6. The number of fused-ring (bicyclic) bond motifs is 1. The molecular formula is C18H29N3O. The van der Waals surface area contributed by atoms with Crippen LogP contribution in [0.1, 0.15) is 51.4 Å². The molecule has 2 aliphatic carbocycles. The topological polar surface area (TPSA) is 47.3 Å². The Morgan fingerprint density at radius 1 is 1.18 bits per heavy atom. The summed E-state index contributed by atoms with van der Waals surface area (Å²) in [4.78, 5) is 15.8. The first-order valence-corrected chi connectivity index (χ1v) is 8.90. The van der Waals surface area contributed by atoms with Crippen LogP contribution in [0.4, 0.5) is 4.79 Å². The Hall–Kier alpha value is -1.24. The monoisotopic (exact) mass is 303 g/mol. The Balaban J connectivity index is 1.60. The third kappa shape index (κ3) is 2.95. The molecule has 0 aromatic rings. The van der Waals surface area contributed by atoms with Crippen LogP contribution in [0.15, 0.2) is 0 Å². The average Bonchev–Trinajstić information content (AvgIpc) is 3.03. The molecule has 0 bridgehead atoms. The zero-order valence-electron chi connectivity index (χ0n) is 14.1. The lowest BCUT2D eigenvalue weighted by Gasteiger charge is -2.31. The molecular weight excluding hydrogens is 274 g/mol. The molecule has 3 rings (SSSR count). The lowest BCUT2D eigenvalue weighted by Crippen LogP contribution is -2.38. The van der Waals surface area contributed by atoms with E-state index < -0.39 is 0 Å². The zero-order chi connectivity index (χ0) is 15.7. The molecule has 22 heavy (non-hydrogen) atoms. The highest BCUT2D eigenvalue weighted by molar-refractivity contribution is 5.74. The van der Waals surface area contributed by atoms with E-state index >= 15 is 0 Å². The molecule has 1 saturated heterocycles. The van der Waals surface area contributed by atoms with Gasteiger partial charge in [-0.05, 0) is 37.0 Å². The molecule has 2 unspecified atom stereocenters. The first-order chi connectivity index (χ1) is 10.5. The van der Waals surface area contributed by atoms with Crippen LogP contribution in [0.5, 0.6) is 0 Å². The van der Waals surface area contributed by atoms with Gasteiger partial charge in [0.1, 0.15) is 0 Å². The van der Waals surface area contributed by atoms with Crippen molar-refractivity contribution < 1.29 is 4.79 Å². The predicted molar refractivity (Wildman–Crippen MR) is 86.1 cm³/mol. The van der Waals surface area contributed by atoms with Crippen molar-refractivity contribution in [3.05, 3.63) is 0 Å². The number of hydrogen-bond donors (Lipinski definition) is 0. The van der Waals surface area contributed by atoms with Gasteiger partial charge in [-0.1, -0.05) is 32.1 Å². The molecule has 122 valence electrons. The highest BCUT2D eigenvalue weighted by Crippen LogP contribution is 2.53. The molecule has 0 aromatic heterocycles. The fourth-order valence-corrected chi connectivity index (χ4v) is 5.17. The third-order valence-corrected chi connectivity index (χ3v) is 6.18. The van der Waals surface area contributed by atoms with E-state index in [-0.39, 0.29) is 11.4 Å². The van der Waals surface area contributed by atoms with Crippen LogP contribution in [-0.4, -0.2) is 43.0 Å². The summed E-state index contributed by atoms with van der Waals surface area (Å²) in [6.07, 6.45) is 9.87. The summed E-state index contributed by atoms with van der Waals surface area (Å²) in [5.41, 5.74) is -0.0927. The molecule has 2 atom stereocenters. The number of likely N-dealkylation sites (tertiary alicyclic amines) is 1. The van der Waals surface area contributed by atoms with Crippen molar-refractivity contribution in [1.82, 2.24) is 9.80 Å². The summed E-state index contributed by atoms with van der Waals surface area (Å²) in [6.45, 7) is 1.71. The Labute approximate surface area is 134 Å². The maximum absolute atomic E-state index is 12.1. The van der Waals surface area contributed by atoms with Crippen LogP contribution in [0, 0.1) is 34.5 Å². The lowest BCUT2D eigenvalue weighted by molar-refractivity contribution is 0.171. The summed E-state index contributed by atoms with van der Waals surface area (Å²) < 4.78 is 0. The van der Waals surface area contributed by atoms with Crippen LogP contribution in [0.2, 0.25) is 0 Å². The van der Waals surface area contributed by atoms with E-state index in [1.165, 1.54) is 32.1 Å². The van der Waals surface area contributed by atoms with Gasteiger partial charge in [-0.2, -0.15) is 5.26 Å². The standard InChI is InChI=1S/C18H29N3O/c1-20(2)17(22)21-11-15-9-18(13-19,10-16(15)12-21)8-14-6-4-3-5-7-14/h14-16H,3-12H2,1-2H3. The highest BCUT2D eigenvalue weighted by atomic mass is 16.2. The van der Waals surface area contributed by atoms with Crippen molar-refractivity contribution in [2.45, 2.75) is 51.4 Å². The van der Waals surface area contributed by atoms with E-state index in [2.05, 4.69) is 6.07 Å². The molecule has 0 radical (unpaired) electrons. The molecule has 1 aliphatic heterocycles. The SMILES string of the molecule is CN(C)C(=O)N1CC2CC(C#N)(CC3CCCCC3)CC2C1. The van der Waals surface area contributed by atoms with Crippen LogP contribution in [0.25, 0.3) is 0 Å². The second-order valence-corrected chi connectivity index (χ2v) is 8.11. The smallest absolute Gasteiger partial charge is 0.319 e.